The summed E-state index contributed by atoms with van der Waals surface area (Å²) in [6.45, 7) is 9.07. The number of piperazine rings is 1. The van der Waals surface area contributed by atoms with Crippen molar-refractivity contribution in [2.45, 2.75) is 19.9 Å². The number of ether oxygens (including phenoxy) is 2. The van der Waals surface area contributed by atoms with Gasteiger partial charge in [0.2, 0.25) is 0 Å². The molecular weight excluding hydrogens is 240 g/mol. The Hall–Kier alpha value is -1.26. The van der Waals surface area contributed by atoms with Gasteiger partial charge < -0.3 is 14.8 Å². The van der Waals surface area contributed by atoms with E-state index in [1.807, 2.05) is 0 Å². The van der Waals surface area contributed by atoms with Crippen LogP contribution in [0.15, 0.2) is 12.1 Å². The number of hydrogen-bond donors (Lipinski definition) is 1. The van der Waals surface area contributed by atoms with Gasteiger partial charge in [0.25, 0.3) is 0 Å². The van der Waals surface area contributed by atoms with Crippen molar-refractivity contribution in [2.24, 2.45) is 0 Å². The zero-order valence-electron chi connectivity index (χ0n) is 11.6. The van der Waals surface area contributed by atoms with Crippen LogP contribution in [0, 0.1) is 6.92 Å². The molecule has 1 saturated heterocycles. The Morgan fingerprint density at radius 3 is 2.79 bits per heavy atom. The van der Waals surface area contributed by atoms with Crippen molar-refractivity contribution in [1.29, 1.82) is 0 Å². The summed E-state index contributed by atoms with van der Waals surface area (Å²) in [5.41, 5.74) is 2.59. The predicted octanol–water partition coefficient (Wildman–Crippen LogP) is 1.56. The quantitative estimate of drug-likeness (QED) is 0.877. The van der Waals surface area contributed by atoms with Crippen LogP contribution in [0.4, 0.5) is 0 Å². The van der Waals surface area contributed by atoms with Crippen molar-refractivity contribution in [3.8, 4) is 11.5 Å². The van der Waals surface area contributed by atoms with Gasteiger partial charge in [0.05, 0.1) is 13.2 Å². The molecule has 2 heterocycles. The summed E-state index contributed by atoms with van der Waals surface area (Å²) in [5.74, 6) is 1.85. The van der Waals surface area contributed by atoms with E-state index in [1.54, 1.807) is 0 Å². The number of hydrogen-bond acceptors (Lipinski definition) is 4. The molecule has 1 aromatic rings. The van der Waals surface area contributed by atoms with Gasteiger partial charge in [-0.15, -0.1) is 0 Å². The lowest BCUT2D eigenvalue weighted by molar-refractivity contribution is 0.232. The number of fused-ring (bicyclic) bond motifs is 1. The SMILES string of the molecule is Cc1c(CN2CCNCC2)ccc2c1OCCCO2. The number of benzene rings is 1. The predicted molar refractivity (Wildman–Crippen MR) is 74.9 cm³/mol. The average molecular weight is 262 g/mol. The van der Waals surface area contributed by atoms with Crippen LogP contribution in [-0.4, -0.2) is 44.3 Å². The lowest BCUT2D eigenvalue weighted by Crippen LogP contribution is -2.43. The first kappa shape index (κ1) is 12.8. The standard InChI is InChI=1S/C15H22N2O2/c1-12-13(11-17-7-5-16-6-8-17)3-4-14-15(12)19-10-2-9-18-14/h3-4,16H,2,5-11H2,1H3. The summed E-state index contributed by atoms with van der Waals surface area (Å²) in [5, 5.41) is 3.39. The van der Waals surface area contributed by atoms with Gasteiger partial charge in [0.15, 0.2) is 11.5 Å². The first-order valence-corrected chi connectivity index (χ1v) is 7.16. The Morgan fingerprint density at radius 2 is 1.95 bits per heavy atom. The van der Waals surface area contributed by atoms with E-state index < -0.39 is 0 Å². The second kappa shape index (κ2) is 5.80. The second-order valence-corrected chi connectivity index (χ2v) is 5.25. The summed E-state index contributed by atoms with van der Waals surface area (Å²) < 4.78 is 11.6. The molecule has 0 unspecified atom stereocenters. The van der Waals surface area contributed by atoms with E-state index in [0.29, 0.717) is 0 Å². The summed E-state index contributed by atoms with van der Waals surface area (Å²) in [7, 11) is 0. The van der Waals surface area contributed by atoms with Gasteiger partial charge in [-0.25, -0.2) is 0 Å². The number of nitrogens with one attached hydrogen (secondary N) is 1. The molecule has 1 N–H and O–H groups in total. The van der Waals surface area contributed by atoms with Crippen LogP contribution < -0.4 is 14.8 Å². The molecule has 2 aliphatic heterocycles. The van der Waals surface area contributed by atoms with Crippen molar-refractivity contribution < 1.29 is 9.47 Å². The number of rotatable bonds is 2. The van der Waals surface area contributed by atoms with Crippen LogP contribution in [0.1, 0.15) is 17.5 Å². The zero-order valence-corrected chi connectivity index (χ0v) is 11.6. The summed E-state index contributed by atoms with van der Waals surface area (Å²) in [6, 6.07) is 4.25. The molecule has 2 aliphatic rings. The third-order valence-corrected chi connectivity index (χ3v) is 3.88. The molecule has 0 aromatic heterocycles. The van der Waals surface area contributed by atoms with Crippen LogP contribution >= 0.6 is 0 Å². The van der Waals surface area contributed by atoms with E-state index in [2.05, 4.69) is 29.3 Å². The Labute approximate surface area is 114 Å². The van der Waals surface area contributed by atoms with Gasteiger partial charge in [-0.05, 0) is 24.1 Å². The molecule has 0 saturated carbocycles. The van der Waals surface area contributed by atoms with E-state index >= 15 is 0 Å². The van der Waals surface area contributed by atoms with Crippen LogP contribution in [0.5, 0.6) is 11.5 Å². The molecule has 0 aliphatic carbocycles. The number of nitrogens with zero attached hydrogens (tertiary/aromatic N) is 1. The van der Waals surface area contributed by atoms with Crippen molar-refractivity contribution in [3.63, 3.8) is 0 Å². The fourth-order valence-corrected chi connectivity index (χ4v) is 2.70. The lowest BCUT2D eigenvalue weighted by Gasteiger charge is -2.28. The fraction of sp³-hybridized carbons (Fsp3) is 0.600. The molecule has 0 radical (unpaired) electrons. The van der Waals surface area contributed by atoms with Crippen LogP contribution in [0.3, 0.4) is 0 Å². The zero-order chi connectivity index (χ0) is 13.1. The summed E-state index contributed by atoms with van der Waals surface area (Å²) in [4.78, 5) is 2.49. The Bertz CT molecular complexity index is 442. The first-order chi connectivity index (χ1) is 9.34. The van der Waals surface area contributed by atoms with Gasteiger partial charge in [0.1, 0.15) is 0 Å². The minimum Gasteiger partial charge on any atom is -0.490 e. The minimum atomic E-state index is 0.754. The van der Waals surface area contributed by atoms with Crippen LogP contribution in [0.2, 0.25) is 0 Å². The van der Waals surface area contributed by atoms with Crippen LogP contribution in [-0.2, 0) is 6.54 Å². The normalized spacial score (nSPS) is 20.1. The van der Waals surface area contributed by atoms with Gasteiger partial charge in [0, 0.05) is 39.1 Å². The van der Waals surface area contributed by atoms with Crippen LogP contribution in [0.25, 0.3) is 0 Å². The van der Waals surface area contributed by atoms with E-state index in [1.165, 1.54) is 11.1 Å². The Balaban J connectivity index is 1.80. The van der Waals surface area contributed by atoms with E-state index in [9.17, 15) is 0 Å². The average Bonchev–Trinajstić information content (AvgIpc) is 2.69. The smallest absolute Gasteiger partial charge is 0.164 e. The molecule has 0 atom stereocenters. The highest BCUT2D eigenvalue weighted by Gasteiger charge is 2.17. The molecule has 0 spiro atoms. The third-order valence-electron chi connectivity index (χ3n) is 3.88. The van der Waals surface area contributed by atoms with E-state index in [4.69, 9.17) is 9.47 Å². The maximum absolute atomic E-state index is 5.85. The topological polar surface area (TPSA) is 33.7 Å². The molecule has 0 bridgehead atoms. The fourth-order valence-electron chi connectivity index (χ4n) is 2.70. The maximum atomic E-state index is 5.85. The molecular formula is C15H22N2O2. The Kier molecular flexibility index (Phi) is 3.89. The maximum Gasteiger partial charge on any atom is 0.164 e. The van der Waals surface area contributed by atoms with Gasteiger partial charge >= 0.3 is 0 Å². The summed E-state index contributed by atoms with van der Waals surface area (Å²) >= 11 is 0. The van der Waals surface area contributed by atoms with Crippen molar-refractivity contribution in [1.82, 2.24) is 10.2 Å². The molecule has 19 heavy (non-hydrogen) atoms. The molecule has 4 nitrogen and oxygen atoms in total. The highest BCUT2D eigenvalue weighted by Crippen LogP contribution is 2.35. The van der Waals surface area contributed by atoms with E-state index in [0.717, 1.165) is 63.9 Å². The van der Waals surface area contributed by atoms with Gasteiger partial charge in [-0.1, -0.05) is 6.07 Å². The molecule has 1 fully saturated rings. The Morgan fingerprint density at radius 1 is 1.16 bits per heavy atom. The second-order valence-electron chi connectivity index (χ2n) is 5.25. The first-order valence-electron chi connectivity index (χ1n) is 7.16. The highest BCUT2D eigenvalue weighted by atomic mass is 16.5. The summed E-state index contributed by atoms with van der Waals surface area (Å²) in [6.07, 6.45) is 0.960. The van der Waals surface area contributed by atoms with Gasteiger partial charge in [-0.2, -0.15) is 0 Å². The third kappa shape index (κ3) is 2.85. The minimum absolute atomic E-state index is 0.754. The molecule has 104 valence electrons. The van der Waals surface area contributed by atoms with Gasteiger partial charge in [-0.3, -0.25) is 4.90 Å². The largest absolute Gasteiger partial charge is 0.490 e. The van der Waals surface area contributed by atoms with Crippen molar-refractivity contribution in [2.75, 3.05) is 39.4 Å². The molecule has 3 rings (SSSR count). The monoisotopic (exact) mass is 262 g/mol. The van der Waals surface area contributed by atoms with Crippen molar-refractivity contribution in [3.05, 3.63) is 23.3 Å². The lowest BCUT2D eigenvalue weighted by atomic mass is 10.1. The van der Waals surface area contributed by atoms with E-state index in [-0.39, 0.29) is 0 Å². The molecule has 1 aromatic carbocycles. The molecule has 0 amide bonds. The molecule has 4 heteroatoms. The van der Waals surface area contributed by atoms with Crippen molar-refractivity contribution >= 4 is 0 Å². The highest BCUT2D eigenvalue weighted by molar-refractivity contribution is 5.50.